The second kappa shape index (κ2) is 3.36. The van der Waals surface area contributed by atoms with Gasteiger partial charge in [0.25, 0.3) is 0 Å². The fourth-order valence-electron chi connectivity index (χ4n) is 0.673. The van der Waals surface area contributed by atoms with Crippen molar-refractivity contribution in [3.63, 3.8) is 0 Å². The molecular formula is C6H13NS. The third-order valence-electron chi connectivity index (χ3n) is 1.35. The molecule has 0 unspecified atom stereocenters. The topological polar surface area (TPSA) is 12.0 Å². The summed E-state index contributed by atoms with van der Waals surface area (Å²) in [6, 6.07) is 0.870. The van der Waals surface area contributed by atoms with Crippen LogP contribution in [-0.2, 0) is 0 Å². The van der Waals surface area contributed by atoms with Crippen molar-refractivity contribution in [3.05, 3.63) is 0 Å². The molecule has 8 heavy (non-hydrogen) atoms. The van der Waals surface area contributed by atoms with E-state index in [0.717, 1.165) is 18.3 Å². The first kappa shape index (κ1) is 6.43. The Labute approximate surface area is 56.3 Å². The highest BCUT2D eigenvalue weighted by Crippen LogP contribution is 2.18. The minimum atomic E-state index is 0.870. The van der Waals surface area contributed by atoms with Crippen molar-refractivity contribution in [2.24, 2.45) is 0 Å². The van der Waals surface area contributed by atoms with E-state index >= 15 is 0 Å². The summed E-state index contributed by atoms with van der Waals surface area (Å²) in [7, 11) is 0. The molecular weight excluding hydrogens is 118 g/mol. The van der Waals surface area contributed by atoms with Gasteiger partial charge in [-0.2, -0.15) is 12.6 Å². The lowest BCUT2D eigenvalue weighted by molar-refractivity contribution is 0.674. The van der Waals surface area contributed by atoms with Gasteiger partial charge in [-0.3, -0.25) is 0 Å². The van der Waals surface area contributed by atoms with Crippen LogP contribution in [0.15, 0.2) is 0 Å². The van der Waals surface area contributed by atoms with Gasteiger partial charge in [0.05, 0.1) is 0 Å². The normalized spacial score (nSPS) is 19.1. The Morgan fingerprint density at radius 3 is 2.75 bits per heavy atom. The van der Waals surface area contributed by atoms with Crippen molar-refractivity contribution in [2.45, 2.75) is 25.3 Å². The number of nitrogens with one attached hydrogen (secondary N) is 1. The molecule has 0 amide bonds. The Morgan fingerprint density at radius 2 is 2.25 bits per heavy atom. The van der Waals surface area contributed by atoms with Crippen LogP contribution in [0.4, 0.5) is 0 Å². The lowest BCUT2D eigenvalue weighted by atomic mass is 10.5. The van der Waals surface area contributed by atoms with Gasteiger partial charge in [-0.05, 0) is 31.6 Å². The molecule has 0 aromatic carbocycles. The summed E-state index contributed by atoms with van der Waals surface area (Å²) in [5.74, 6) is 1.01. The zero-order valence-corrected chi connectivity index (χ0v) is 5.95. The van der Waals surface area contributed by atoms with Gasteiger partial charge >= 0.3 is 0 Å². The minimum absolute atomic E-state index is 0.870. The third-order valence-corrected chi connectivity index (χ3v) is 1.66. The van der Waals surface area contributed by atoms with E-state index in [9.17, 15) is 0 Å². The van der Waals surface area contributed by atoms with E-state index in [0.29, 0.717) is 0 Å². The van der Waals surface area contributed by atoms with Crippen LogP contribution in [0.25, 0.3) is 0 Å². The molecule has 1 N–H and O–H groups in total. The number of rotatable bonds is 4. The Kier molecular flexibility index (Phi) is 2.70. The summed E-state index contributed by atoms with van der Waals surface area (Å²) in [6.45, 7) is 1.16. The first-order valence-electron chi connectivity index (χ1n) is 3.27. The van der Waals surface area contributed by atoms with Gasteiger partial charge in [0.1, 0.15) is 0 Å². The van der Waals surface area contributed by atoms with Gasteiger partial charge in [-0.15, -0.1) is 0 Å². The molecule has 1 nitrogen and oxygen atoms in total. The predicted molar refractivity (Wildman–Crippen MR) is 39.5 cm³/mol. The first-order chi connectivity index (χ1) is 3.93. The van der Waals surface area contributed by atoms with Gasteiger partial charge in [-0.1, -0.05) is 0 Å². The van der Waals surface area contributed by atoms with Crippen LogP contribution in [0.2, 0.25) is 0 Å². The monoisotopic (exact) mass is 131 g/mol. The van der Waals surface area contributed by atoms with Gasteiger partial charge < -0.3 is 5.32 Å². The Bertz CT molecular complexity index is 61.5. The second-order valence-electron chi connectivity index (χ2n) is 2.31. The predicted octanol–water partition coefficient (Wildman–Crippen LogP) is 1.06. The molecule has 48 valence electrons. The van der Waals surface area contributed by atoms with Crippen LogP contribution in [0.5, 0.6) is 0 Å². The molecule has 0 bridgehead atoms. The summed E-state index contributed by atoms with van der Waals surface area (Å²) in [5.41, 5.74) is 0. The Balaban J connectivity index is 1.74. The molecule has 0 aromatic rings. The first-order valence-corrected chi connectivity index (χ1v) is 3.91. The highest BCUT2D eigenvalue weighted by Gasteiger charge is 2.19. The average Bonchev–Trinajstić information content (AvgIpc) is 2.51. The fraction of sp³-hybridized carbons (Fsp3) is 1.00. The number of hydrogen-bond acceptors (Lipinski definition) is 2. The smallest absolute Gasteiger partial charge is 0.00682 e. The van der Waals surface area contributed by atoms with Gasteiger partial charge in [0.2, 0.25) is 0 Å². The molecule has 0 atom stereocenters. The van der Waals surface area contributed by atoms with Gasteiger partial charge in [0.15, 0.2) is 0 Å². The van der Waals surface area contributed by atoms with E-state index in [4.69, 9.17) is 0 Å². The van der Waals surface area contributed by atoms with Crippen molar-refractivity contribution in [3.8, 4) is 0 Å². The molecule has 0 saturated heterocycles. The number of hydrogen-bond donors (Lipinski definition) is 2. The van der Waals surface area contributed by atoms with E-state index in [1.54, 1.807) is 0 Å². The van der Waals surface area contributed by atoms with Crippen molar-refractivity contribution in [1.82, 2.24) is 5.32 Å². The van der Waals surface area contributed by atoms with Crippen LogP contribution in [0, 0.1) is 0 Å². The zero-order chi connectivity index (χ0) is 5.82. The van der Waals surface area contributed by atoms with Gasteiger partial charge in [0, 0.05) is 6.04 Å². The molecule has 1 rings (SSSR count). The van der Waals surface area contributed by atoms with Crippen LogP contribution >= 0.6 is 12.6 Å². The zero-order valence-electron chi connectivity index (χ0n) is 5.06. The largest absolute Gasteiger partial charge is 0.314 e. The maximum absolute atomic E-state index is 4.10. The van der Waals surface area contributed by atoms with E-state index in [1.165, 1.54) is 19.3 Å². The molecule has 1 aliphatic carbocycles. The van der Waals surface area contributed by atoms with Crippen LogP contribution < -0.4 is 5.32 Å². The molecule has 1 aliphatic rings. The van der Waals surface area contributed by atoms with E-state index in [1.807, 2.05) is 0 Å². The molecule has 0 radical (unpaired) electrons. The number of thiol groups is 1. The summed E-state index contributed by atoms with van der Waals surface area (Å²) in [5, 5.41) is 3.41. The summed E-state index contributed by atoms with van der Waals surface area (Å²) in [4.78, 5) is 0. The summed E-state index contributed by atoms with van der Waals surface area (Å²) >= 11 is 4.10. The van der Waals surface area contributed by atoms with E-state index in [2.05, 4.69) is 17.9 Å². The van der Waals surface area contributed by atoms with Crippen LogP contribution in [0.3, 0.4) is 0 Å². The minimum Gasteiger partial charge on any atom is -0.314 e. The maximum Gasteiger partial charge on any atom is 0.00682 e. The van der Waals surface area contributed by atoms with Crippen LogP contribution in [-0.4, -0.2) is 18.3 Å². The summed E-state index contributed by atoms with van der Waals surface area (Å²) < 4.78 is 0. The van der Waals surface area contributed by atoms with Crippen LogP contribution in [0.1, 0.15) is 19.3 Å². The fourth-order valence-corrected chi connectivity index (χ4v) is 0.831. The molecule has 1 fully saturated rings. The highest BCUT2D eigenvalue weighted by atomic mass is 32.1. The average molecular weight is 131 g/mol. The van der Waals surface area contributed by atoms with E-state index in [-0.39, 0.29) is 0 Å². The van der Waals surface area contributed by atoms with Crippen molar-refractivity contribution in [1.29, 1.82) is 0 Å². The lowest BCUT2D eigenvalue weighted by Crippen LogP contribution is -2.17. The van der Waals surface area contributed by atoms with Crippen molar-refractivity contribution < 1.29 is 0 Å². The van der Waals surface area contributed by atoms with Gasteiger partial charge in [-0.25, -0.2) is 0 Å². The molecule has 2 heteroatoms. The second-order valence-corrected chi connectivity index (χ2v) is 2.75. The molecule has 0 spiro atoms. The van der Waals surface area contributed by atoms with Crippen molar-refractivity contribution >= 4 is 12.6 Å². The third kappa shape index (κ3) is 2.58. The molecule has 0 aromatic heterocycles. The summed E-state index contributed by atoms with van der Waals surface area (Å²) in [6.07, 6.45) is 4.00. The molecule has 0 aliphatic heterocycles. The highest BCUT2D eigenvalue weighted by molar-refractivity contribution is 7.80. The Hall–Kier alpha value is 0.310. The SMILES string of the molecule is SCCCNC1CC1. The quantitative estimate of drug-likeness (QED) is 0.429. The maximum atomic E-state index is 4.10. The van der Waals surface area contributed by atoms with Crippen molar-refractivity contribution in [2.75, 3.05) is 12.3 Å². The molecule has 0 heterocycles. The standard InChI is InChI=1S/C6H13NS/c8-5-1-4-7-6-2-3-6/h6-8H,1-5H2. The molecule has 1 saturated carbocycles. The lowest BCUT2D eigenvalue weighted by Gasteiger charge is -1.96. The van der Waals surface area contributed by atoms with E-state index < -0.39 is 0 Å². The Morgan fingerprint density at radius 1 is 1.50 bits per heavy atom.